The van der Waals surface area contributed by atoms with Crippen molar-refractivity contribution in [2.75, 3.05) is 0 Å². The van der Waals surface area contributed by atoms with E-state index in [4.69, 9.17) is 16.7 Å². The molecule has 1 aromatic rings. The molecule has 0 saturated heterocycles. The summed E-state index contributed by atoms with van der Waals surface area (Å²) in [6, 6.07) is 0. The number of aromatic nitrogens is 2. The number of imidazole rings is 1. The van der Waals surface area contributed by atoms with E-state index in [1.807, 2.05) is 4.57 Å². The Morgan fingerprint density at radius 2 is 2.43 bits per heavy atom. The van der Waals surface area contributed by atoms with E-state index < -0.39 is 5.97 Å². The summed E-state index contributed by atoms with van der Waals surface area (Å²) in [4.78, 5) is 14.7. The Kier molecular flexibility index (Phi) is 2.46. The molecule has 0 spiro atoms. The highest BCUT2D eigenvalue weighted by atomic mass is 35.5. The standard InChI is InChI=1S/C9H11ClN2O2/c10-9-6(3-4-8(13)14)11-7-2-1-5-12(7)9/h1-5H2,(H,13,14). The highest BCUT2D eigenvalue weighted by Crippen LogP contribution is 2.24. The average molecular weight is 215 g/mol. The zero-order valence-electron chi connectivity index (χ0n) is 7.66. The first-order valence-corrected chi connectivity index (χ1v) is 5.02. The Hall–Kier alpha value is -1.03. The number of fused-ring (bicyclic) bond motifs is 1. The second kappa shape index (κ2) is 3.61. The highest BCUT2D eigenvalue weighted by Gasteiger charge is 2.19. The van der Waals surface area contributed by atoms with Crippen molar-refractivity contribution in [1.82, 2.24) is 9.55 Å². The van der Waals surface area contributed by atoms with Crippen LogP contribution in [-0.4, -0.2) is 20.6 Å². The van der Waals surface area contributed by atoms with Gasteiger partial charge in [-0.15, -0.1) is 0 Å². The van der Waals surface area contributed by atoms with Crippen LogP contribution in [-0.2, 0) is 24.2 Å². The largest absolute Gasteiger partial charge is 0.481 e. The van der Waals surface area contributed by atoms with Crippen molar-refractivity contribution in [1.29, 1.82) is 0 Å². The Morgan fingerprint density at radius 1 is 1.64 bits per heavy atom. The van der Waals surface area contributed by atoms with Crippen molar-refractivity contribution < 1.29 is 9.90 Å². The third kappa shape index (κ3) is 1.62. The summed E-state index contributed by atoms with van der Waals surface area (Å²) >= 11 is 6.06. The van der Waals surface area contributed by atoms with Gasteiger partial charge < -0.3 is 9.67 Å². The normalized spacial score (nSPS) is 14.4. The number of nitrogens with zero attached hydrogens (tertiary/aromatic N) is 2. The van der Waals surface area contributed by atoms with Crippen LogP contribution in [0.5, 0.6) is 0 Å². The van der Waals surface area contributed by atoms with Crippen LogP contribution in [0.2, 0.25) is 5.15 Å². The lowest BCUT2D eigenvalue weighted by atomic mass is 10.2. The van der Waals surface area contributed by atoms with E-state index in [1.165, 1.54) is 0 Å². The van der Waals surface area contributed by atoms with E-state index in [2.05, 4.69) is 4.98 Å². The topological polar surface area (TPSA) is 55.1 Å². The van der Waals surface area contributed by atoms with Crippen LogP contribution >= 0.6 is 11.6 Å². The number of aryl methyl sites for hydroxylation is 2. The number of carboxylic acids is 1. The second-order valence-corrected chi connectivity index (χ2v) is 3.77. The number of aliphatic carboxylic acids is 1. The van der Waals surface area contributed by atoms with Gasteiger partial charge in [0.1, 0.15) is 11.0 Å². The lowest BCUT2D eigenvalue weighted by Crippen LogP contribution is -1.99. The zero-order valence-corrected chi connectivity index (χ0v) is 8.42. The second-order valence-electron chi connectivity index (χ2n) is 3.41. The van der Waals surface area contributed by atoms with Gasteiger partial charge in [0.25, 0.3) is 0 Å². The molecule has 0 aliphatic carbocycles. The van der Waals surface area contributed by atoms with Crippen LogP contribution in [0.25, 0.3) is 0 Å². The van der Waals surface area contributed by atoms with Gasteiger partial charge in [-0.05, 0) is 6.42 Å². The van der Waals surface area contributed by atoms with Crippen molar-refractivity contribution in [2.24, 2.45) is 0 Å². The molecule has 2 heterocycles. The summed E-state index contributed by atoms with van der Waals surface area (Å²) in [5.74, 6) is 0.185. The van der Waals surface area contributed by atoms with Crippen LogP contribution in [0.1, 0.15) is 24.4 Å². The van der Waals surface area contributed by atoms with Gasteiger partial charge in [-0.2, -0.15) is 0 Å². The van der Waals surface area contributed by atoms with E-state index >= 15 is 0 Å². The average Bonchev–Trinajstić information content (AvgIpc) is 2.66. The number of hydrogen-bond donors (Lipinski definition) is 1. The maximum atomic E-state index is 10.4. The van der Waals surface area contributed by atoms with E-state index in [0.29, 0.717) is 11.6 Å². The highest BCUT2D eigenvalue weighted by molar-refractivity contribution is 6.30. The van der Waals surface area contributed by atoms with Gasteiger partial charge in [0.15, 0.2) is 0 Å². The van der Waals surface area contributed by atoms with Gasteiger partial charge in [0.05, 0.1) is 12.1 Å². The van der Waals surface area contributed by atoms with Crippen LogP contribution in [0.3, 0.4) is 0 Å². The lowest BCUT2D eigenvalue weighted by molar-refractivity contribution is -0.136. The molecule has 0 fully saturated rings. The Bertz CT molecular complexity index is 373. The smallest absolute Gasteiger partial charge is 0.303 e. The molecule has 0 atom stereocenters. The predicted octanol–water partition coefficient (Wildman–Crippen LogP) is 1.50. The Morgan fingerprint density at radius 3 is 3.07 bits per heavy atom. The van der Waals surface area contributed by atoms with Crippen LogP contribution in [0, 0.1) is 0 Å². The summed E-state index contributed by atoms with van der Waals surface area (Å²) < 4.78 is 1.97. The molecule has 0 bridgehead atoms. The van der Waals surface area contributed by atoms with Gasteiger partial charge in [-0.25, -0.2) is 4.98 Å². The quantitative estimate of drug-likeness (QED) is 0.830. The van der Waals surface area contributed by atoms with Crippen LogP contribution in [0.15, 0.2) is 0 Å². The monoisotopic (exact) mass is 214 g/mol. The molecule has 0 unspecified atom stereocenters. The maximum absolute atomic E-state index is 10.4. The summed E-state index contributed by atoms with van der Waals surface area (Å²) in [5, 5.41) is 9.16. The molecular formula is C9H11ClN2O2. The summed E-state index contributed by atoms with van der Waals surface area (Å²) in [6.07, 6.45) is 2.55. The van der Waals surface area contributed by atoms with Crippen molar-refractivity contribution in [2.45, 2.75) is 32.2 Å². The van der Waals surface area contributed by atoms with Crippen molar-refractivity contribution >= 4 is 17.6 Å². The fourth-order valence-electron chi connectivity index (χ4n) is 1.73. The van der Waals surface area contributed by atoms with Crippen LogP contribution in [0.4, 0.5) is 0 Å². The Labute approximate surface area is 86.5 Å². The minimum absolute atomic E-state index is 0.0934. The van der Waals surface area contributed by atoms with Crippen molar-refractivity contribution in [3.63, 3.8) is 0 Å². The molecule has 2 rings (SSSR count). The lowest BCUT2D eigenvalue weighted by Gasteiger charge is -1.98. The molecule has 1 aliphatic heterocycles. The minimum Gasteiger partial charge on any atom is -0.481 e. The number of carbonyl (C=O) groups is 1. The SMILES string of the molecule is O=C(O)CCc1nc2n(c1Cl)CCC2. The van der Waals surface area contributed by atoms with Gasteiger partial charge in [0.2, 0.25) is 0 Å². The number of carboxylic acid groups (broad SMARTS) is 1. The molecule has 0 aromatic carbocycles. The fraction of sp³-hybridized carbons (Fsp3) is 0.556. The van der Waals surface area contributed by atoms with Crippen molar-refractivity contribution in [3.8, 4) is 0 Å². The molecule has 14 heavy (non-hydrogen) atoms. The summed E-state index contributed by atoms with van der Waals surface area (Å²) in [6.45, 7) is 0.911. The molecule has 1 aromatic heterocycles. The molecule has 5 heteroatoms. The molecule has 1 aliphatic rings. The molecule has 76 valence electrons. The first kappa shape index (κ1) is 9.52. The fourth-order valence-corrected chi connectivity index (χ4v) is 2.05. The number of hydrogen-bond acceptors (Lipinski definition) is 2. The van der Waals surface area contributed by atoms with Gasteiger partial charge in [-0.1, -0.05) is 11.6 Å². The molecule has 4 nitrogen and oxygen atoms in total. The first-order valence-electron chi connectivity index (χ1n) is 4.64. The molecular weight excluding hydrogens is 204 g/mol. The third-order valence-corrected chi connectivity index (χ3v) is 2.83. The number of halogens is 1. The van der Waals surface area contributed by atoms with Crippen molar-refractivity contribution in [3.05, 3.63) is 16.7 Å². The predicted molar refractivity (Wildman–Crippen MR) is 51.5 cm³/mol. The number of rotatable bonds is 3. The molecule has 0 saturated carbocycles. The van der Waals surface area contributed by atoms with Gasteiger partial charge in [-0.3, -0.25) is 4.79 Å². The van der Waals surface area contributed by atoms with Crippen LogP contribution < -0.4 is 0 Å². The van der Waals surface area contributed by atoms with E-state index in [1.54, 1.807) is 0 Å². The van der Waals surface area contributed by atoms with E-state index in [0.717, 1.165) is 30.9 Å². The molecule has 0 amide bonds. The van der Waals surface area contributed by atoms with Gasteiger partial charge >= 0.3 is 5.97 Å². The third-order valence-electron chi connectivity index (χ3n) is 2.41. The maximum Gasteiger partial charge on any atom is 0.303 e. The van der Waals surface area contributed by atoms with Gasteiger partial charge in [0, 0.05) is 19.4 Å². The zero-order chi connectivity index (χ0) is 10.1. The molecule has 1 N–H and O–H groups in total. The van der Waals surface area contributed by atoms with E-state index in [9.17, 15) is 4.79 Å². The first-order chi connectivity index (χ1) is 6.68. The van der Waals surface area contributed by atoms with E-state index in [-0.39, 0.29) is 6.42 Å². The molecule has 0 radical (unpaired) electrons. The summed E-state index contributed by atoms with van der Waals surface area (Å²) in [5.41, 5.74) is 0.726. The summed E-state index contributed by atoms with van der Waals surface area (Å²) in [7, 11) is 0. The Balaban J connectivity index is 2.15. The minimum atomic E-state index is -0.811.